The molecule has 1 fully saturated rings. The highest BCUT2D eigenvalue weighted by Gasteiger charge is 2.21. The van der Waals surface area contributed by atoms with Crippen LogP contribution in [-0.2, 0) is 0 Å². The van der Waals surface area contributed by atoms with Gasteiger partial charge in [-0.1, -0.05) is 23.7 Å². The fourth-order valence-corrected chi connectivity index (χ4v) is 3.11. The van der Waals surface area contributed by atoms with Gasteiger partial charge in [-0.2, -0.15) is 0 Å². The van der Waals surface area contributed by atoms with Crippen molar-refractivity contribution in [2.24, 2.45) is 0 Å². The van der Waals surface area contributed by atoms with E-state index in [-0.39, 0.29) is 5.91 Å². The minimum absolute atomic E-state index is 0.0500. The number of thiazole rings is 1. The standard InChI is InChI=1S/C14H13ClN2OS/c15-11-5-3-10(4-6-11)13-16-12(9-19-13)14(18)17-7-1-2-8-17/h3-6,9H,1-2,7-8H2. The molecule has 0 saturated carbocycles. The summed E-state index contributed by atoms with van der Waals surface area (Å²) in [4.78, 5) is 18.5. The van der Waals surface area contributed by atoms with Crippen LogP contribution in [0.4, 0.5) is 0 Å². The quantitative estimate of drug-likeness (QED) is 0.845. The molecule has 0 spiro atoms. The summed E-state index contributed by atoms with van der Waals surface area (Å²) in [5, 5.41) is 3.40. The molecule has 19 heavy (non-hydrogen) atoms. The summed E-state index contributed by atoms with van der Waals surface area (Å²) < 4.78 is 0. The molecule has 1 aliphatic rings. The third-order valence-electron chi connectivity index (χ3n) is 3.21. The van der Waals surface area contributed by atoms with Crippen LogP contribution in [0.3, 0.4) is 0 Å². The highest BCUT2D eigenvalue weighted by atomic mass is 35.5. The molecule has 1 aliphatic heterocycles. The number of carbonyl (C=O) groups is 1. The second kappa shape index (κ2) is 5.31. The maximum atomic E-state index is 12.2. The monoisotopic (exact) mass is 292 g/mol. The van der Waals surface area contributed by atoms with Crippen molar-refractivity contribution in [3.05, 3.63) is 40.4 Å². The smallest absolute Gasteiger partial charge is 0.273 e. The van der Waals surface area contributed by atoms with Gasteiger partial charge in [-0.15, -0.1) is 11.3 Å². The topological polar surface area (TPSA) is 33.2 Å². The number of carbonyl (C=O) groups excluding carboxylic acids is 1. The third kappa shape index (κ3) is 2.65. The van der Waals surface area contributed by atoms with Crippen LogP contribution in [0.25, 0.3) is 10.6 Å². The molecule has 2 aromatic rings. The first kappa shape index (κ1) is 12.6. The Bertz CT molecular complexity index is 588. The van der Waals surface area contributed by atoms with E-state index in [1.807, 2.05) is 34.5 Å². The molecular weight excluding hydrogens is 280 g/mol. The molecule has 2 heterocycles. The Morgan fingerprint density at radius 2 is 1.89 bits per heavy atom. The largest absolute Gasteiger partial charge is 0.337 e. The molecule has 3 rings (SSSR count). The van der Waals surface area contributed by atoms with E-state index in [1.54, 1.807) is 0 Å². The number of rotatable bonds is 2. The Kier molecular flexibility index (Phi) is 3.53. The molecule has 5 heteroatoms. The number of amides is 1. The van der Waals surface area contributed by atoms with E-state index in [9.17, 15) is 4.79 Å². The van der Waals surface area contributed by atoms with Gasteiger partial charge >= 0.3 is 0 Å². The van der Waals surface area contributed by atoms with Crippen LogP contribution in [0, 0.1) is 0 Å². The summed E-state index contributed by atoms with van der Waals surface area (Å²) in [5.74, 6) is 0.0500. The molecular formula is C14H13ClN2OS. The van der Waals surface area contributed by atoms with Crippen molar-refractivity contribution >= 4 is 28.8 Å². The second-order valence-electron chi connectivity index (χ2n) is 4.54. The normalized spacial score (nSPS) is 14.9. The Morgan fingerprint density at radius 3 is 2.58 bits per heavy atom. The van der Waals surface area contributed by atoms with Crippen molar-refractivity contribution in [1.82, 2.24) is 9.88 Å². The lowest BCUT2D eigenvalue weighted by Crippen LogP contribution is -2.27. The zero-order valence-electron chi connectivity index (χ0n) is 10.3. The Labute approximate surface area is 120 Å². The Balaban J connectivity index is 1.82. The molecule has 1 saturated heterocycles. The lowest BCUT2D eigenvalue weighted by molar-refractivity contribution is 0.0788. The number of benzene rings is 1. The summed E-state index contributed by atoms with van der Waals surface area (Å²) in [6.45, 7) is 1.71. The van der Waals surface area contributed by atoms with Crippen LogP contribution >= 0.6 is 22.9 Å². The molecule has 1 amide bonds. The van der Waals surface area contributed by atoms with Gasteiger partial charge < -0.3 is 4.90 Å². The number of aromatic nitrogens is 1. The lowest BCUT2D eigenvalue weighted by atomic mass is 10.2. The van der Waals surface area contributed by atoms with E-state index < -0.39 is 0 Å². The van der Waals surface area contributed by atoms with Crippen LogP contribution < -0.4 is 0 Å². The summed E-state index contributed by atoms with van der Waals surface area (Å²) in [7, 11) is 0. The van der Waals surface area contributed by atoms with Gasteiger partial charge in [0, 0.05) is 29.1 Å². The number of hydrogen-bond acceptors (Lipinski definition) is 3. The van der Waals surface area contributed by atoms with Crippen molar-refractivity contribution in [2.75, 3.05) is 13.1 Å². The molecule has 1 aromatic heterocycles. The Hall–Kier alpha value is -1.39. The van der Waals surface area contributed by atoms with Crippen LogP contribution in [0.2, 0.25) is 5.02 Å². The number of halogens is 1. The van der Waals surface area contributed by atoms with Gasteiger partial charge in [-0.25, -0.2) is 4.98 Å². The summed E-state index contributed by atoms with van der Waals surface area (Å²) in [5.41, 5.74) is 1.55. The van der Waals surface area contributed by atoms with Crippen molar-refractivity contribution in [2.45, 2.75) is 12.8 Å². The van der Waals surface area contributed by atoms with Gasteiger partial charge in [0.2, 0.25) is 0 Å². The predicted octanol–water partition coefficient (Wildman–Crippen LogP) is 3.70. The number of hydrogen-bond donors (Lipinski definition) is 0. The zero-order valence-corrected chi connectivity index (χ0v) is 11.9. The fraction of sp³-hybridized carbons (Fsp3) is 0.286. The van der Waals surface area contributed by atoms with Gasteiger partial charge in [0.25, 0.3) is 5.91 Å². The number of nitrogens with zero attached hydrogens (tertiary/aromatic N) is 2. The highest BCUT2D eigenvalue weighted by molar-refractivity contribution is 7.13. The highest BCUT2D eigenvalue weighted by Crippen LogP contribution is 2.26. The molecule has 0 atom stereocenters. The predicted molar refractivity (Wildman–Crippen MR) is 77.7 cm³/mol. The first-order chi connectivity index (χ1) is 9.24. The van der Waals surface area contributed by atoms with Crippen LogP contribution in [0.5, 0.6) is 0 Å². The average molecular weight is 293 g/mol. The van der Waals surface area contributed by atoms with Gasteiger partial charge in [0.05, 0.1) is 0 Å². The van der Waals surface area contributed by atoms with E-state index >= 15 is 0 Å². The van der Waals surface area contributed by atoms with E-state index in [0.717, 1.165) is 36.5 Å². The fourth-order valence-electron chi connectivity index (χ4n) is 2.18. The minimum atomic E-state index is 0.0500. The van der Waals surface area contributed by atoms with Crippen molar-refractivity contribution in [3.63, 3.8) is 0 Å². The molecule has 0 unspecified atom stereocenters. The maximum absolute atomic E-state index is 12.2. The molecule has 0 N–H and O–H groups in total. The van der Waals surface area contributed by atoms with E-state index in [0.29, 0.717) is 10.7 Å². The van der Waals surface area contributed by atoms with Gasteiger partial charge in [-0.3, -0.25) is 4.79 Å². The van der Waals surface area contributed by atoms with Crippen molar-refractivity contribution in [1.29, 1.82) is 0 Å². The molecule has 0 radical (unpaired) electrons. The van der Waals surface area contributed by atoms with Gasteiger partial charge in [0.1, 0.15) is 10.7 Å². The third-order valence-corrected chi connectivity index (χ3v) is 4.35. The van der Waals surface area contributed by atoms with E-state index in [4.69, 9.17) is 11.6 Å². The molecule has 0 aliphatic carbocycles. The van der Waals surface area contributed by atoms with Crippen molar-refractivity contribution < 1.29 is 4.79 Å². The summed E-state index contributed by atoms with van der Waals surface area (Å²) in [6.07, 6.45) is 2.19. The van der Waals surface area contributed by atoms with Crippen LogP contribution in [-0.4, -0.2) is 28.9 Å². The Morgan fingerprint density at radius 1 is 1.21 bits per heavy atom. The summed E-state index contributed by atoms with van der Waals surface area (Å²) in [6, 6.07) is 7.51. The van der Waals surface area contributed by atoms with E-state index in [1.165, 1.54) is 11.3 Å². The minimum Gasteiger partial charge on any atom is -0.337 e. The first-order valence-corrected chi connectivity index (χ1v) is 7.50. The summed E-state index contributed by atoms with van der Waals surface area (Å²) >= 11 is 7.36. The number of likely N-dealkylation sites (tertiary alicyclic amines) is 1. The van der Waals surface area contributed by atoms with Crippen molar-refractivity contribution in [3.8, 4) is 10.6 Å². The van der Waals surface area contributed by atoms with Crippen LogP contribution in [0.1, 0.15) is 23.3 Å². The zero-order chi connectivity index (χ0) is 13.2. The molecule has 0 bridgehead atoms. The van der Waals surface area contributed by atoms with Gasteiger partial charge in [0.15, 0.2) is 0 Å². The molecule has 3 nitrogen and oxygen atoms in total. The lowest BCUT2D eigenvalue weighted by Gasteiger charge is -2.12. The van der Waals surface area contributed by atoms with Gasteiger partial charge in [-0.05, 0) is 25.0 Å². The molecule has 98 valence electrons. The van der Waals surface area contributed by atoms with Crippen LogP contribution in [0.15, 0.2) is 29.6 Å². The maximum Gasteiger partial charge on any atom is 0.273 e. The SMILES string of the molecule is O=C(c1csc(-c2ccc(Cl)cc2)n1)N1CCCC1. The second-order valence-corrected chi connectivity index (χ2v) is 5.84. The average Bonchev–Trinajstić information content (AvgIpc) is 3.10. The molecule has 1 aromatic carbocycles. The van der Waals surface area contributed by atoms with E-state index in [2.05, 4.69) is 4.98 Å². The first-order valence-electron chi connectivity index (χ1n) is 6.25.